The zero-order valence-corrected chi connectivity index (χ0v) is 20.5. The molecule has 1 saturated heterocycles. The standard InChI is InChI=1S/C24H30N4O4S/c1-15-13-18(17(3)25-20-8-6-7-16(2)22(20)33(5,30)31)21-19(14-15)23(29)27(4)24(26-21)28-9-11-32-12-10-28/h6-8,13-14,17,25H,9-12H2,1-5H3. The lowest BCUT2D eigenvalue weighted by Gasteiger charge is -2.29. The molecule has 0 amide bonds. The van der Waals surface area contributed by atoms with Crippen LogP contribution in [0.5, 0.6) is 0 Å². The molecule has 0 saturated carbocycles. The maximum Gasteiger partial charge on any atom is 0.262 e. The summed E-state index contributed by atoms with van der Waals surface area (Å²) in [5.74, 6) is 0.612. The Morgan fingerprint density at radius 1 is 1.15 bits per heavy atom. The Balaban J connectivity index is 1.85. The first-order valence-electron chi connectivity index (χ1n) is 11.0. The zero-order chi connectivity index (χ0) is 23.9. The zero-order valence-electron chi connectivity index (χ0n) is 19.7. The molecule has 1 N–H and O–H groups in total. The van der Waals surface area contributed by atoms with Crippen molar-refractivity contribution in [2.45, 2.75) is 31.7 Å². The second kappa shape index (κ2) is 8.79. The van der Waals surface area contributed by atoms with Crippen LogP contribution in [0.4, 0.5) is 11.6 Å². The minimum atomic E-state index is -3.43. The van der Waals surface area contributed by atoms with E-state index in [-0.39, 0.29) is 16.5 Å². The molecular weight excluding hydrogens is 440 g/mol. The summed E-state index contributed by atoms with van der Waals surface area (Å²) in [6.45, 7) is 8.20. The SMILES string of the molecule is Cc1cc(C(C)Nc2cccc(C)c2S(C)(=O)=O)c2nc(N3CCOCC3)n(C)c(=O)c2c1. The van der Waals surface area contributed by atoms with Crippen LogP contribution >= 0.6 is 0 Å². The van der Waals surface area contributed by atoms with E-state index in [0.717, 1.165) is 11.1 Å². The van der Waals surface area contributed by atoms with Crippen LogP contribution in [0.2, 0.25) is 0 Å². The van der Waals surface area contributed by atoms with Gasteiger partial charge in [-0.05, 0) is 44.0 Å². The highest BCUT2D eigenvalue weighted by atomic mass is 32.2. The van der Waals surface area contributed by atoms with Crippen molar-refractivity contribution in [3.05, 3.63) is 57.4 Å². The fourth-order valence-electron chi connectivity index (χ4n) is 4.49. The van der Waals surface area contributed by atoms with Gasteiger partial charge >= 0.3 is 0 Å². The van der Waals surface area contributed by atoms with Crippen molar-refractivity contribution in [1.82, 2.24) is 9.55 Å². The summed E-state index contributed by atoms with van der Waals surface area (Å²) in [6.07, 6.45) is 1.22. The molecule has 1 atom stereocenters. The van der Waals surface area contributed by atoms with E-state index in [9.17, 15) is 13.2 Å². The van der Waals surface area contributed by atoms with Crippen LogP contribution in [0, 0.1) is 13.8 Å². The summed E-state index contributed by atoms with van der Waals surface area (Å²) < 4.78 is 31.9. The normalized spacial score (nSPS) is 15.6. The van der Waals surface area contributed by atoms with Crippen LogP contribution in [-0.4, -0.2) is 50.5 Å². The average Bonchev–Trinajstić information content (AvgIpc) is 2.75. The highest BCUT2D eigenvalue weighted by Crippen LogP contribution is 2.31. The molecule has 1 fully saturated rings. The first-order chi connectivity index (χ1) is 15.6. The quantitative estimate of drug-likeness (QED) is 0.613. The van der Waals surface area contributed by atoms with Gasteiger partial charge < -0.3 is 15.0 Å². The van der Waals surface area contributed by atoms with Crippen molar-refractivity contribution in [2.75, 3.05) is 42.8 Å². The summed E-state index contributed by atoms with van der Waals surface area (Å²) >= 11 is 0. The first kappa shape index (κ1) is 23.3. The van der Waals surface area contributed by atoms with Gasteiger partial charge in [0.05, 0.1) is 40.7 Å². The molecule has 176 valence electrons. The van der Waals surface area contributed by atoms with Gasteiger partial charge in [0.25, 0.3) is 5.56 Å². The number of nitrogens with one attached hydrogen (secondary N) is 1. The molecule has 1 aliphatic heterocycles. The van der Waals surface area contributed by atoms with E-state index in [1.165, 1.54) is 6.26 Å². The van der Waals surface area contributed by atoms with E-state index in [4.69, 9.17) is 9.72 Å². The number of hydrogen-bond acceptors (Lipinski definition) is 7. The van der Waals surface area contributed by atoms with Crippen LogP contribution in [0.15, 0.2) is 40.0 Å². The molecule has 2 heterocycles. The summed E-state index contributed by atoms with van der Waals surface area (Å²) in [6, 6.07) is 8.96. The van der Waals surface area contributed by atoms with E-state index in [2.05, 4.69) is 10.2 Å². The van der Waals surface area contributed by atoms with Gasteiger partial charge in [0, 0.05) is 32.0 Å². The van der Waals surface area contributed by atoms with Crippen molar-refractivity contribution in [3.63, 3.8) is 0 Å². The predicted molar refractivity (Wildman–Crippen MR) is 131 cm³/mol. The molecule has 1 aliphatic rings. The molecule has 1 aromatic heterocycles. The van der Waals surface area contributed by atoms with Gasteiger partial charge in [0.15, 0.2) is 9.84 Å². The van der Waals surface area contributed by atoms with E-state index in [1.54, 1.807) is 30.7 Å². The Morgan fingerprint density at radius 2 is 1.85 bits per heavy atom. The minimum Gasteiger partial charge on any atom is -0.378 e. The minimum absolute atomic E-state index is 0.106. The Hall–Kier alpha value is -2.91. The lowest BCUT2D eigenvalue weighted by Crippen LogP contribution is -2.40. The van der Waals surface area contributed by atoms with Crippen LogP contribution in [0.25, 0.3) is 10.9 Å². The Labute approximate surface area is 194 Å². The Morgan fingerprint density at radius 3 is 2.52 bits per heavy atom. The number of sulfone groups is 1. The molecule has 0 aliphatic carbocycles. The number of morpholine rings is 1. The van der Waals surface area contributed by atoms with Gasteiger partial charge in [0.1, 0.15) is 0 Å². The molecule has 8 nitrogen and oxygen atoms in total. The largest absolute Gasteiger partial charge is 0.378 e. The maximum absolute atomic E-state index is 13.3. The molecular formula is C24H30N4O4S. The molecule has 0 bridgehead atoms. The third kappa shape index (κ3) is 4.47. The first-order valence-corrected chi connectivity index (χ1v) is 12.9. The third-order valence-corrected chi connectivity index (χ3v) is 7.33. The van der Waals surface area contributed by atoms with Crippen molar-refractivity contribution in [3.8, 4) is 0 Å². The van der Waals surface area contributed by atoms with Gasteiger partial charge in [-0.25, -0.2) is 13.4 Å². The van der Waals surface area contributed by atoms with Crippen LogP contribution in [0.1, 0.15) is 29.7 Å². The number of anilines is 2. The Bertz CT molecular complexity index is 1380. The molecule has 2 aromatic carbocycles. The molecule has 33 heavy (non-hydrogen) atoms. The van der Waals surface area contributed by atoms with Crippen molar-refractivity contribution < 1.29 is 13.2 Å². The lowest BCUT2D eigenvalue weighted by molar-refractivity contribution is 0.121. The smallest absolute Gasteiger partial charge is 0.262 e. The Kier molecular flexibility index (Phi) is 6.20. The summed E-state index contributed by atoms with van der Waals surface area (Å²) in [5, 5.41) is 3.91. The highest BCUT2D eigenvalue weighted by Gasteiger charge is 2.22. The number of nitrogens with zero attached hydrogens (tertiary/aromatic N) is 3. The highest BCUT2D eigenvalue weighted by molar-refractivity contribution is 7.91. The molecule has 1 unspecified atom stereocenters. The monoisotopic (exact) mass is 470 g/mol. The number of aromatic nitrogens is 2. The third-order valence-electron chi connectivity index (χ3n) is 6.05. The predicted octanol–water partition coefficient (Wildman–Crippen LogP) is 2.96. The number of aryl methyl sites for hydroxylation is 2. The summed E-state index contributed by atoms with van der Waals surface area (Å²) in [4.78, 5) is 20.5. The number of ether oxygens (including phenoxy) is 1. The molecule has 9 heteroatoms. The fourth-order valence-corrected chi connectivity index (χ4v) is 5.67. The van der Waals surface area contributed by atoms with Crippen molar-refractivity contribution in [1.29, 1.82) is 0 Å². The number of hydrogen-bond donors (Lipinski definition) is 1. The topological polar surface area (TPSA) is 93.5 Å². The van der Waals surface area contributed by atoms with E-state index in [1.807, 2.05) is 32.0 Å². The van der Waals surface area contributed by atoms with Gasteiger partial charge in [-0.1, -0.05) is 18.2 Å². The van der Waals surface area contributed by atoms with Crippen molar-refractivity contribution >= 4 is 32.4 Å². The summed E-state index contributed by atoms with van der Waals surface area (Å²) in [7, 11) is -1.68. The molecule has 0 radical (unpaired) electrons. The summed E-state index contributed by atoms with van der Waals surface area (Å²) in [5.41, 5.74) is 3.53. The van der Waals surface area contributed by atoms with Crippen LogP contribution in [-0.2, 0) is 21.6 Å². The van der Waals surface area contributed by atoms with Gasteiger partial charge in [-0.2, -0.15) is 0 Å². The average molecular weight is 471 g/mol. The second-order valence-corrected chi connectivity index (χ2v) is 10.7. The van der Waals surface area contributed by atoms with Crippen LogP contribution < -0.4 is 15.8 Å². The fraction of sp³-hybridized carbons (Fsp3) is 0.417. The molecule has 3 aromatic rings. The van der Waals surface area contributed by atoms with E-state index < -0.39 is 9.84 Å². The number of rotatable bonds is 5. The maximum atomic E-state index is 13.3. The van der Waals surface area contributed by atoms with Crippen LogP contribution in [0.3, 0.4) is 0 Å². The van der Waals surface area contributed by atoms with E-state index in [0.29, 0.717) is 54.4 Å². The van der Waals surface area contributed by atoms with Gasteiger partial charge in [-0.3, -0.25) is 9.36 Å². The van der Waals surface area contributed by atoms with Gasteiger partial charge in [0.2, 0.25) is 5.95 Å². The molecule has 0 spiro atoms. The van der Waals surface area contributed by atoms with E-state index >= 15 is 0 Å². The number of fused-ring (bicyclic) bond motifs is 1. The van der Waals surface area contributed by atoms with Gasteiger partial charge in [-0.15, -0.1) is 0 Å². The number of benzene rings is 2. The molecule has 4 rings (SSSR count). The second-order valence-electron chi connectivity index (χ2n) is 8.72. The van der Waals surface area contributed by atoms with Crippen molar-refractivity contribution in [2.24, 2.45) is 7.05 Å². The lowest BCUT2D eigenvalue weighted by atomic mass is 10.0.